The Balaban J connectivity index is 1.85. The number of ether oxygens (including phenoxy) is 1. The summed E-state index contributed by atoms with van der Waals surface area (Å²) in [4.78, 5) is 25.2. The molecule has 6 heteroatoms. The van der Waals surface area contributed by atoms with E-state index in [0.717, 1.165) is 16.0 Å². The zero-order valence-corrected chi connectivity index (χ0v) is 16.3. The Morgan fingerprint density at radius 3 is 2.14 bits per heavy atom. The van der Waals surface area contributed by atoms with E-state index in [2.05, 4.69) is 0 Å². The maximum absolute atomic E-state index is 12.5. The van der Waals surface area contributed by atoms with Gasteiger partial charge in [0.2, 0.25) is 0 Å². The van der Waals surface area contributed by atoms with Gasteiger partial charge in [-0.2, -0.15) is 0 Å². The minimum absolute atomic E-state index is 0.0910. The summed E-state index contributed by atoms with van der Waals surface area (Å²) in [5.74, 6) is -1.16. The van der Waals surface area contributed by atoms with Crippen molar-refractivity contribution in [1.29, 1.82) is 0 Å². The van der Waals surface area contributed by atoms with Crippen molar-refractivity contribution in [2.75, 3.05) is 6.54 Å². The molecule has 0 saturated carbocycles. The van der Waals surface area contributed by atoms with Gasteiger partial charge in [0.15, 0.2) is 0 Å². The second kappa shape index (κ2) is 7.28. The Hall–Kier alpha value is -2.86. The summed E-state index contributed by atoms with van der Waals surface area (Å²) >= 11 is 0. The van der Waals surface area contributed by atoms with Crippen molar-refractivity contribution in [2.45, 2.75) is 44.4 Å². The summed E-state index contributed by atoms with van der Waals surface area (Å²) in [6, 6.07) is 16.0. The molecule has 0 spiro atoms. The number of hydrogen-bond acceptors (Lipinski definition) is 4. The van der Waals surface area contributed by atoms with Crippen LogP contribution in [0.15, 0.2) is 54.6 Å². The lowest BCUT2D eigenvalue weighted by Gasteiger charge is -2.27. The van der Waals surface area contributed by atoms with Gasteiger partial charge in [0.1, 0.15) is 17.2 Å². The highest BCUT2D eigenvalue weighted by Crippen LogP contribution is 2.37. The number of carboxylic acids is 1. The van der Waals surface area contributed by atoms with E-state index in [9.17, 15) is 19.8 Å². The molecule has 0 radical (unpaired) electrons. The molecule has 2 atom stereocenters. The average Bonchev–Trinajstić information content (AvgIpc) is 3.01. The first-order chi connectivity index (χ1) is 13.1. The lowest BCUT2D eigenvalue weighted by atomic mass is 9.90. The maximum atomic E-state index is 12.5. The Morgan fingerprint density at radius 2 is 1.61 bits per heavy atom. The van der Waals surface area contributed by atoms with Crippen molar-refractivity contribution in [3.8, 4) is 11.1 Å². The van der Waals surface area contributed by atoms with Gasteiger partial charge in [-0.1, -0.05) is 54.6 Å². The standard InChI is InChI=1S/C22H25NO5/c1-21(2,3)28-20(26)23-14-22(27,13-18(23)19(24)25)17-11-9-16(10-12-17)15-7-5-4-6-8-15/h4-12,18,27H,13-14H2,1-3H3,(H,24,25)/t18-,22-/m0/s1. The molecule has 6 nitrogen and oxygen atoms in total. The highest BCUT2D eigenvalue weighted by molar-refractivity contribution is 5.81. The lowest BCUT2D eigenvalue weighted by molar-refractivity contribution is -0.142. The molecular weight excluding hydrogens is 358 g/mol. The van der Waals surface area contributed by atoms with Crippen LogP contribution in [0, 0.1) is 0 Å². The fourth-order valence-corrected chi connectivity index (χ4v) is 3.43. The minimum atomic E-state index is -1.45. The monoisotopic (exact) mass is 383 g/mol. The summed E-state index contributed by atoms with van der Waals surface area (Å²) in [7, 11) is 0. The third-order valence-corrected chi connectivity index (χ3v) is 4.78. The Bertz CT molecular complexity index is 857. The van der Waals surface area contributed by atoms with Gasteiger partial charge in [-0.15, -0.1) is 0 Å². The van der Waals surface area contributed by atoms with Crippen LogP contribution in [0.2, 0.25) is 0 Å². The van der Waals surface area contributed by atoms with E-state index in [0.29, 0.717) is 5.56 Å². The summed E-state index contributed by atoms with van der Waals surface area (Å²) in [6.45, 7) is 5.01. The highest BCUT2D eigenvalue weighted by atomic mass is 16.6. The first kappa shape index (κ1) is 19.9. The zero-order valence-electron chi connectivity index (χ0n) is 16.3. The van der Waals surface area contributed by atoms with Crippen LogP contribution < -0.4 is 0 Å². The number of benzene rings is 2. The van der Waals surface area contributed by atoms with Gasteiger partial charge < -0.3 is 14.9 Å². The molecule has 0 bridgehead atoms. The van der Waals surface area contributed by atoms with Crippen LogP contribution in [0.1, 0.15) is 32.8 Å². The lowest BCUT2D eigenvalue weighted by Crippen LogP contribution is -2.43. The molecule has 1 fully saturated rings. The number of carbonyl (C=O) groups excluding carboxylic acids is 1. The van der Waals surface area contributed by atoms with Gasteiger partial charge >= 0.3 is 12.1 Å². The second-order valence-corrected chi connectivity index (χ2v) is 8.14. The normalized spacial score (nSPS) is 22.1. The Morgan fingerprint density at radius 1 is 1.04 bits per heavy atom. The molecule has 1 aliphatic rings. The van der Waals surface area contributed by atoms with Crippen molar-refractivity contribution >= 4 is 12.1 Å². The van der Waals surface area contributed by atoms with Crippen LogP contribution in [0.3, 0.4) is 0 Å². The molecule has 0 unspecified atom stereocenters. The van der Waals surface area contributed by atoms with Crippen LogP contribution in [0.5, 0.6) is 0 Å². The number of rotatable bonds is 3. The van der Waals surface area contributed by atoms with Gasteiger partial charge in [-0.25, -0.2) is 9.59 Å². The van der Waals surface area contributed by atoms with E-state index in [1.807, 2.05) is 42.5 Å². The van der Waals surface area contributed by atoms with E-state index in [1.165, 1.54) is 0 Å². The molecule has 1 heterocycles. The predicted octanol–water partition coefficient (Wildman–Crippen LogP) is 3.64. The van der Waals surface area contributed by atoms with Crippen molar-refractivity contribution in [3.63, 3.8) is 0 Å². The second-order valence-electron chi connectivity index (χ2n) is 8.14. The smallest absolute Gasteiger partial charge is 0.411 e. The topological polar surface area (TPSA) is 87.1 Å². The molecule has 0 aromatic heterocycles. The number of β-amino-alcohol motifs (C(OH)–C–C–N with tert-alkyl or cyclic N) is 1. The molecule has 2 aromatic carbocycles. The molecule has 28 heavy (non-hydrogen) atoms. The van der Waals surface area contributed by atoms with Crippen molar-refractivity contribution in [1.82, 2.24) is 4.90 Å². The summed E-state index contributed by atoms with van der Waals surface area (Å²) < 4.78 is 5.32. The third-order valence-electron chi connectivity index (χ3n) is 4.78. The molecule has 1 aliphatic heterocycles. The Kier molecular flexibility index (Phi) is 5.17. The fraction of sp³-hybridized carbons (Fsp3) is 0.364. The summed E-state index contributed by atoms with van der Waals surface area (Å²) in [5, 5.41) is 20.7. The molecule has 1 saturated heterocycles. The number of aliphatic carboxylic acids is 1. The Labute approximate surface area is 164 Å². The van der Waals surface area contributed by atoms with Crippen LogP contribution in [-0.4, -0.2) is 45.4 Å². The van der Waals surface area contributed by atoms with Crippen molar-refractivity contribution in [2.24, 2.45) is 0 Å². The van der Waals surface area contributed by atoms with E-state index in [1.54, 1.807) is 32.9 Å². The first-order valence-corrected chi connectivity index (χ1v) is 9.20. The maximum Gasteiger partial charge on any atom is 0.411 e. The molecule has 0 aliphatic carbocycles. The fourth-order valence-electron chi connectivity index (χ4n) is 3.43. The SMILES string of the molecule is CC(C)(C)OC(=O)N1C[C@](O)(c2ccc(-c3ccccc3)cc2)C[C@H]1C(=O)O. The van der Waals surface area contributed by atoms with E-state index < -0.39 is 29.3 Å². The van der Waals surface area contributed by atoms with Crippen LogP contribution in [-0.2, 0) is 15.1 Å². The van der Waals surface area contributed by atoms with Crippen molar-refractivity contribution < 1.29 is 24.5 Å². The number of hydrogen-bond donors (Lipinski definition) is 2. The van der Waals surface area contributed by atoms with Crippen LogP contribution in [0.4, 0.5) is 4.79 Å². The van der Waals surface area contributed by atoms with Crippen LogP contribution in [0.25, 0.3) is 11.1 Å². The van der Waals surface area contributed by atoms with Gasteiger partial charge in [-0.05, 0) is 37.5 Å². The molecular formula is C22H25NO5. The van der Waals surface area contributed by atoms with E-state index >= 15 is 0 Å². The third kappa shape index (κ3) is 4.17. The van der Waals surface area contributed by atoms with Gasteiger partial charge in [0.25, 0.3) is 0 Å². The summed E-state index contributed by atoms with van der Waals surface area (Å²) in [5.41, 5.74) is 0.411. The van der Waals surface area contributed by atoms with Gasteiger partial charge in [-0.3, -0.25) is 4.90 Å². The first-order valence-electron chi connectivity index (χ1n) is 9.20. The van der Waals surface area contributed by atoms with E-state index in [-0.39, 0.29) is 13.0 Å². The molecule has 148 valence electrons. The number of carboxylic acid groups (broad SMARTS) is 1. The van der Waals surface area contributed by atoms with Gasteiger partial charge in [0, 0.05) is 6.42 Å². The zero-order chi connectivity index (χ0) is 20.5. The minimum Gasteiger partial charge on any atom is -0.480 e. The largest absolute Gasteiger partial charge is 0.480 e. The number of nitrogens with zero attached hydrogens (tertiary/aromatic N) is 1. The quantitative estimate of drug-likeness (QED) is 0.845. The number of aliphatic hydroxyl groups is 1. The molecule has 2 N–H and O–H groups in total. The number of carbonyl (C=O) groups is 2. The molecule has 3 rings (SSSR count). The highest BCUT2D eigenvalue weighted by Gasteiger charge is 2.50. The van der Waals surface area contributed by atoms with Crippen LogP contribution >= 0.6 is 0 Å². The number of amides is 1. The molecule has 1 amide bonds. The van der Waals surface area contributed by atoms with Crippen molar-refractivity contribution in [3.05, 3.63) is 60.2 Å². The van der Waals surface area contributed by atoms with Gasteiger partial charge in [0.05, 0.1) is 6.54 Å². The summed E-state index contributed by atoms with van der Waals surface area (Å²) in [6.07, 6.45) is -0.830. The number of likely N-dealkylation sites (tertiary alicyclic amines) is 1. The molecule has 2 aromatic rings. The predicted molar refractivity (Wildman–Crippen MR) is 105 cm³/mol. The average molecular weight is 383 g/mol. The van der Waals surface area contributed by atoms with E-state index in [4.69, 9.17) is 4.74 Å².